The summed E-state index contributed by atoms with van der Waals surface area (Å²) in [7, 11) is -2.28. The van der Waals surface area contributed by atoms with Crippen molar-refractivity contribution in [2.75, 3.05) is 137 Å². The summed E-state index contributed by atoms with van der Waals surface area (Å²) in [5.74, 6) is 0.0822. The molecule has 1 aromatic heterocycles. The van der Waals surface area contributed by atoms with Crippen molar-refractivity contribution in [1.29, 1.82) is 5.26 Å². The molecule has 2 aromatic carbocycles. The summed E-state index contributed by atoms with van der Waals surface area (Å²) in [6.45, 7) is 14.4. The van der Waals surface area contributed by atoms with Gasteiger partial charge in [0.1, 0.15) is 17.3 Å². The molecule has 0 aliphatic carbocycles. The number of ether oxygens (including phenoxy) is 9. The maximum Gasteiger partial charge on any atom is 0.268 e. The molecule has 332 valence electrons. The third-order valence-corrected chi connectivity index (χ3v) is 11.6. The number of pyridine rings is 1. The molecule has 3 aromatic rings. The number of sulfonamides is 1. The van der Waals surface area contributed by atoms with Gasteiger partial charge in [-0.1, -0.05) is 43.6 Å². The minimum absolute atomic E-state index is 0.0587. The minimum Gasteiger partial charge on any atom is -0.490 e. The molecule has 17 heteroatoms. The summed E-state index contributed by atoms with van der Waals surface area (Å²) >= 11 is 6.77. The number of para-hydroxylation sites is 1. The Labute approximate surface area is 360 Å². The van der Waals surface area contributed by atoms with Crippen LogP contribution >= 0.6 is 11.6 Å². The molecule has 0 amide bonds. The van der Waals surface area contributed by atoms with E-state index in [9.17, 15) is 13.7 Å². The smallest absolute Gasteiger partial charge is 0.268 e. The quantitative estimate of drug-likeness (QED) is 0.0839. The average molecular weight is 877 g/mol. The van der Waals surface area contributed by atoms with Gasteiger partial charge in [-0.15, -0.1) is 0 Å². The van der Waals surface area contributed by atoms with Gasteiger partial charge < -0.3 is 47.9 Å². The van der Waals surface area contributed by atoms with Gasteiger partial charge in [-0.05, 0) is 49.6 Å². The molecule has 1 N–H and O–H groups in total. The minimum atomic E-state index is -4.16. The number of hydrogen-bond donors (Lipinski definition) is 1. The number of hydrogen-bond acceptors (Lipinski definition) is 14. The molecule has 0 fully saturated rings. The Kier molecular flexibility index (Phi) is 22.0. The van der Waals surface area contributed by atoms with Crippen molar-refractivity contribution in [2.45, 2.75) is 37.5 Å². The highest BCUT2D eigenvalue weighted by Gasteiger charge is 2.38. The number of fused-ring (bicyclic) bond motifs is 1. The molecular formula is C43H61ClN4O11S. The Hall–Kier alpha value is -3.44. The topological polar surface area (TPSA) is 169 Å². The molecule has 0 radical (unpaired) electrons. The molecule has 1 aliphatic heterocycles. The number of nitrogens with zero attached hydrogens (tertiary/aromatic N) is 3. The zero-order chi connectivity index (χ0) is 43.1. The molecule has 0 saturated heterocycles. The SMILES string of the molecule is CNCCOCCOCCOCCOCCOCCOCCOCCOCCOc1cc(Cl)c(-c2cnc(C)cc2C#N)cc1S(=O)(=O)N1CCC(C)(C)c2ccccc21. The van der Waals surface area contributed by atoms with Crippen LogP contribution in [-0.4, -0.2) is 146 Å². The van der Waals surface area contributed by atoms with Crippen LogP contribution in [0.5, 0.6) is 5.75 Å². The van der Waals surface area contributed by atoms with E-state index < -0.39 is 10.0 Å². The molecule has 1 aliphatic rings. The van der Waals surface area contributed by atoms with Crippen LogP contribution in [0.3, 0.4) is 0 Å². The van der Waals surface area contributed by atoms with Gasteiger partial charge >= 0.3 is 0 Å². The number of benzene rings is 2. The fourth-order valence-corrected chi connectivity index (χ4v) is 8.10. The predicted octanol–water partition coefficient (Wildman–Crippen LogP) is 5.19. The standard InChI is InChI=1S/C43H61ClN4O11S/c1-34-29-35(32-45)37(33-47-34)36-30-42(60(49,50)48-11-9-43(2,3)38-7-5-6-8-40(38)48)41(31-39(36)44)59-28-27-58-26-25-57-24-23-56-22-21-55-20-19-54-18-17-53-16-15-52-14-13-51-12-10-46-4/h5-8,29-31,33,46H,9-28H2,1-4H3. The fourth-order valence-electron chi connectivity index (χ4n) is 6.22. The van der Waals surface area contributed by atoms with E-state index in [4.69, 9.17) is 54.2 Å². The molecule has 0 saturated carbocycles. The first-order valence-corrected chi connectivity index (χ1v) is 22.1. The van der Waals surface area contributed by atoms with Crippen molar-refractivity contribution in [1.82, 2.24) is 10.3 Å². The van der Waals surface area contributed by atoms with Gasteiger partial charge in [0.05, 0.1) is 128 Å². The van der Waals surface area contributed by atoms with Crippen molar-refractivity contribution < 1.29 is 51.0 Å². The lowest BCUT2D eigenvalue weighted by Gasteiger charge is -2.39. The molecule has 0 atom stereocenters. The molecule has 0 bridgehead atoms. The van der Waals surface area contributed by atoms with Crippen LogP contribution in [0, 0.1) is 18.3 Å². The molecule has 2 heterocycles. The van der Waals surface area contributed by atoms with E-state index in [0.717, 1.165) is 12.1 Å². The number of aromatic nitrogens is 1. The van der Waals surface area contributed by atoms with Crippen molar-refractivity contribution in [3.05, 3.63) is 70.5 Å². The average Bonchev–Trinajstić information content (AvgIpc) is 3.23. The van der Waals surface area contributed by atoms with Gasteiger partial charge in [0.25, 0.3) is 10.0 Å². The van der Waals surface area contributed by atoms with Crippen molar-refractivity contribution in [3.8, 4) is 22.9 Å². The van der Waals surface area contributed by atoms with E-state index >= 15 is 0 Å². The van der Waals surface area contributed by atoms with Gasteiger partial charge in [0, 0.05) is 42.2 Å². The van der Waals surface area contributed by atoms with Crippen molar-refractivity contribution in [2.24, 2.45) is 0 Å². The molecule has 60 heavy (non-hydrogen) atoms. The Morgan fingerprint density at radius 2 is 1.25 bits per heavy atom. The van der Waals surface area contributed by atoms with E-state index in [2.05, 4.69) is 30.2 Å². The molecule has 0 unspecified atom stereocenters. The lowest BCUT2D eigenvalue weighted by atomic mass is 9.78. The number of nitriles is 1. The number of likely N-dealkylation sites (N-methyl/N-ethyl adjacent to an activating group) is 1. The van der Waals surface area contributed by atoms with E-state index in [1.165, 1.54) is 22.6 Å². The number of rotatable bonds is 31. The largest absolute Gasteiger partial charge is 0.490 e. The van der Waals surface area contributed by atoms with Gasteiger partial charge in [0.2, 0.25) is 0 Å². The summed E-state index contributed by atoms with van der Waals surface area (Å²) in [6, 6.07) is 14.3. The highest BCUT2D eigenvalue weighted by atomic mass is 35.5. The third-order valence-electron chi connectivity index (χ3n) is 9.48. The van der Waals surface area contributed by atoms with E-state index in [1.807, 2.05) is 31.3 Å². The second kappa shape index (κ2) is 26.8. The summed E-state index contributed by atoms with van der Waals surface area (Å²) in [5.41, 5.74) is 3.11. The van der Waals surface area contributed by atoms with E-state index in [-0.39, 0.29) is 40.8 Å². The van der Waals surface area contributed by atoms with E-state index in [0.29, 0.717) is 134 Å². The van der Waals surface area contributed by atoms with Crippen LogP contribution in [-0.2, 0) is 53.3 Å². The van der Waals surface area contributed by atoms with Crippen LogP contribution in [0.2, 0.25) is 5.02 Å². The van der Waals surface area contributed by atoms with Crippen LogP contribution in [0.25, 0.3) is 11.1 Å². The van der Waals surface area contributed by atoms with Crippen LogP contribution in [0.15, 0.2) is 53.6 Å². The Balaban J connectivity index is 1.13. The number of halogens is 1. The number of anilines is 1. The van der Waals surface area contributed by atoms with E-state index in [1.54, 1.807) is 13.0 Å². The first-order chi connectivity index (χ1) is 29.1. The number of aryl methyl sites for hydroxylation is 1. The maximum atomic E-state index is 14.6. The lowest BCUT2D eigenvalue weighted by Crippen LogP contribution is -2.41. The van der Waals surface area contributed by atoms with Crippen LogP contribution < -0.4 is 14.4 Å². The fraction of sp³-hybridized carbons (Fsp3) is 0.581. The first kappa shape index (κ1) is 49.2. The molecule has 15 nitrogen and oxygen atoms in total. The Bertz CT molecular complexity index is 1880. The highest BCUT2D eigenvalue weighted by molar-refractivity contribution is 7.93. The molecular weight excluding hydrogens is 816 g/mol. The van der Waals surface area contributed by atoms with Crippen molar-refractivity contribution >= 4 is 27.3 Å². The maximum absolute atomic E-state index is 14.6. The number of nitrogens with one attached hydrogen (secondary N) is 1. The monoisotopic (exact) mass is 876 g/mol. The summed E-state index contributed by atoms with van der Waals surface area (Å²) in [4.78, 5) is 4.28. The Morgan fingerprint density at radius 1 is 0.750 bits per heavy atom. The van der Waals surface area contributed by atoms with Gasteiger partial charge in [-0.2, -0.15) is 5.26 Å². The highest BCUT2D eigenvalue weighted by Crippen LogP contribution is 2.44. The summed E-state index contributed by atoms with van der Waals surface area (Å²) < 4.78 is 80.8. The normalized spacial score (nSPS) is 13.6. The predicted molar refractivity (Wildman–Crippen MR) is 229 cm³/mol. The van der Waals surface area contributed by atoms with Crippen molar-refractivity contribution in [3.63, 3.8) is 0 Å². The molecule has 4 rings (SSSR count). The Morgan fingerprint density at radius 3 is 1.77 bits per heavy atom. The van der Waals surface area contributed by atoms with Gasteiger partial charge in [0.15, 0.2) is 0 Å². The lowest BCUT2D eigenvalue weighted by molar-refractivity contribution is -0.0235. The first-order valence-electron chi connectivity index (χ1n) is 20.3. The second-order valence-electron chi connectivity index (χ2n) is 14.3. The zero-order valence-corrected chi connectivity index (χ0v) is 37.0. The third kappa shape index (κ3) is 15.8. The zero-order valence-electron chi connectivity index (χ0n) is 35.4. The molecule has 0 spiro atoms. The summed E-state index contributed by atoms with van der Waals surface area (Å²) in [5, 5.41) is 13.1. The van der Waals surface area contributed by atoms with Crippen LogP contribution in [0.4, 0.5) is 5.69 Å². The summed E-state index contributed by atoms with van der Waals surface area (Å²) in [6.07, 6.45) is 2.15. The van der Waals surface area contributed by atoms with Gasteiger partial charge in [-0.3, -0.25) is 9.29 Å². The second-order valence-corrected chi connectivity index (χ2v) is 16.6. The van der Waals surface area contributed by atoms with Gasteiger partial charge in [-0.25, -0.2) is 8.42 Å². The van der Waals surface area contributed by atoms with Crippen LogP contribution in [0.1, 0.15) is 37.1 Å².